The Balaban J connectivity index is 1.99. The van der Waals surface area contributed by atoms with Gasteiger partial charge in [0.25, 0.3) is 5.91 Å². The summed E-state index contributed by atoms with van der Waals surface area (Å²) in [5.74, 6) is -0.532. The zero-order chi connectivity index (χ0) is 15.0. The molecule has 0 unspecified atom stereocenters. The number of nitrogens with zero attached hydrogens (tertiary/aromatic N) is 3. The number of hydrogen-bond acceptors (Lipinski definition) is 3. The molecule has 0 spiro atoms. The van der Waals surface area contributed by atoms with E-state index in [0.29, 0.717) is 17.8 Å². The van der Waals surface area contributed by atoms with Gasteiger partial charge in [-0.05, 0) is 42.7 Å². The molecule has 1 aliphatic heterocycles. The van der Waals surface area contributed by atoms with E-state index in [2.05, 4.69) is 5.10 Å². The van der Waals surface area contributed by atoms with E-state index in [-0.39, 0.29) is 5.91 Å². The van der Waals surface area contributed by atoms with E-state index in [9.17, 15) is 9.59 Å². The fourth-order valence-corrected chi connectivity index (χ4v) is 2.68. The number of amides is 2. The quantitative estimate of drug-likeness (QED) is 0.897. The predicted octanol–water partition coefficient (Wildman–Crippen LogP) is 1.11. The van der Waals surface area contributed by atoms with Gasteiger partial charge >= 0.3 is 0 Å². The van der Waals surface area contributed by atoms with Crippen LogP contribution in [0.15, 0.2) is 30.5 Å². The summed E-state index contributed by atoms with van der Waals surface area (Å²) < 4.78 is 1.56. The lowest BCUT2D eigenvalue weighted by Crippen LogP contribution is -2.36. The lowest BCUT2D eigenvalue weighted by atomic mass is 9.98. The molecule has 1 aromatic heterocycles. The van der Waals surface area contributed by atoms with Crippen LogP contribution < -0.4 is 10.6 Å². The smallest absolute Gasteiger partial charge is 0.276 e. The zero-order valence-corrected chi connectivity index (χ0v) is 11.7. The average molecular weight is 284 g/mol. The highest BCUT2D eigenvalue weighted by Gasteiger charge is 2.25. The van der Waals surface area contributed by atoms with Crippen molar-refractivity contribution in [1.29, 1.82) is 0 Å². The maximum absolute atomic E-state index is 12.6. The Kier molecular flexibility index (Phi) is 3.21. The maximum atomic E-state index is 12.6. The summed E-state index contributed by atoms with van der Waals surface area (Å²) >= 11 is 0. The first-order valence-corrected chi connectivity index (χ1v) is 6.80. The van der Waals surface area contributed by atoms with Crippen LogP contribution in [0.25, 0.3) is 0 Å². The van der Waals surface area contributed by atoms with Crippen molar-refractivity contribution < 1.29 is 9.59 Å². The van der Waals surface area contributed by atoms with E-state index in [1.54, 1.807) is 47.1 Å². The van der Waals surface area contributed by atoms with Crippen LogP contribution in [0.1, 0.15) is 32.8 Å². The Morgan fingerprint density at radius 2 is 2.10 bits per heavy atom. The first kappa shape index (κ1) is 13.4. The molecule has 0 atom stereocenters. The van der Waals surface area contributed by atoms with Crippen molar-refractivity contribution in [3.8, 4) is 0 Å². The highest BCUT2D eigenvalue weighted by Crippen LogP contribution is 2.29. The number of rotatable bonds is 2. The number of anilines is 1. The fraction of sp³-hybridized carbons (Fsp3) is 0.267. The molecule has 0 bridgehead atoms. The van der Waals surface area contributed by atoms with Gasteiger partial charge in [0, 0.05) is 31.0 Å². The Bertz CT molecular complexity index is 720. The molecule has 6 heteroatoms. The van der Waals surface area contributed by atoms with Gasteiger partial charge in [-0.15, -0.1) is 0 Å². The maximum Gasteiger partial charge on any atom is 0.276 e. The summed E-state index contributed by atoms with van der Waals surface area (Å²) in [5.41, 5.74) is 8.15. The molecule has 108 valence electrons. The number of hydrogen-bond donors (Lipinski definition) is 1. The number of aryl methyl sites for hydroxylation is 2. The van der Waals surface area contributed by atoms with Crippen LogP contribution in [0.5, 0.6) is 0 Å². The predicted molar refractivity (Wildman–Crippen MR) is 78.2 cm³/mol. The van der Waals surface area contributed by atoms with Crippen LogP contribution in [-0.4, -0.2) is 28.1 Å². The van der Waals surface area contributed by atoms with E-state index in [1.165, 1.54) is 0 Å². The summed E-state index contributed by atoms with van der Waals surface area (Å²) in [7, 11) is 1.74. The molecule has 21 heavy (non-hydrogen) atoms. The monoisotopic (exact) mass is 284 g/mol. The second kappa shape index (κ2) is 5.05. The van der Waals surface area contributed by atoms with Crippen molar-refractivity contribution in [1.82, 2.24) is 9.78 Å². The van der Waals surface area contributed by atoms with Gasteiger partial charge in [0.05, 0.1) is 0 Å². The topological polar surface area (TPSA) is 81.2 Å². The van der Waals surface area contributed by atoms with E-state index >= 15 is 0 Å². The van der Waals surface area contributed by atoms with Crippen LogP contribution in [0.4, 0.5) is 5.69 Å². The Morgan fingerprint density at radius 3 is 2.76 bits per heavy atom. The number of benzene rings is 1. The lowest BCUT2D eigenvalue weighted by Gasteiger charge is -2.29. The molecule has 2 aromatic rings. The summed E-state index contributed by atoms with van der Waals surface area (Å²) in [5, 5.41) is 4.03. The number of carbonyl (C=O) groups excluding carboxylic acids is 2. The Hall–Kier alpha value is -2.63. The number of nitrogens with two attached hydrogens (primary N) is 1. The van der Waals surface area contributed by atoms with Crippen LogP contribution in [0.2, 0.25) is 0 Å². The van der Waals surface area contributed by atoms with Crippen LogP contribution in [0.3, 0.4) is 0 Å². The van der Waals surface area contributed by atoms with Gasteiger partial charge in [0.2, 0.25) is 5.91 Å². The Labute approximate surface area is 122 Å². The third-order valence-corrected chi connectivity index (χ3v) is 3.77. The number of fused-ring (bicyclic) bond motifs is 1. The minimum Gasteiger partial charge on any atom is -0.366 e. The van der Waals surface area contributed by atoms with Gasteiger partial charge in [-0.2, -0.15) is 5.10 Å². The van der Waals surface area contributed by atoms with Crippen molar-refractivity contribution in [3.63, 3.8) is 0 Å². The first-order valence-electron chi connectivity index (χ1n) is 6.80. The van der Waals surface area contributed by atoms with Crippen molar-refractivity contribution >= 4 is 17.5 Å². The SMILES string of the molecule is Cn1nccc1C(=O)N1CCCc2cc(C(N)=O)ccc21. The fourth-order valence-electron chi connectivity index (χ4n) is 2.68. The molecule has 1 aromatic carbocycles. The normalized spacial score (nSPS) is 13.9. The molecule has 2 heterocycles. The van der Waals surface area contributed by atoms with E-state index in [1.807, 2.05) is 0 Å². The second-order valence-electron chi connectivity index (χ2n) is 5.11. The molecule has 3 rings (SSSR count). The first-order chi connectivity index (χ1) is 10.1. The molecule has 0 radical (unpaired) electrons. The van der Waals surface area contributed by atoms with E-state index in [0.717, 1.165) is 24.1 Å². The lowest BCUT2D eigenvalue weighted by molar-refractivity contribution is 0.0974. The van der Waals surface area contributed by atoms with Crippen LogP contribution >= 0.6 is 0 Å². The minimum atomic E-state index is -0.451. The molecule has 2 N–H and O–H groups in total. The zero-order valence-electron chi connectivity index (χ0n) is 11.7. The third kappa shape index (κ3) is 2.29. The molecule has 0 saturated carbocycles. The van der Waals surface area contributed by atoms with Gasteiger partial charge in [0.15, 0.2) is 0 Å². The van der Waals surface area contributed by atoms with Gasteiger partial charge in [0.1, 0.15) is 5.69 Å². The van der Waals surface area contributed by atoms with Crippen molar-refractivity contribution in [2.75, 3.05) is 11.4 Å². The average Bonchev–Trinajstić information content (AvgIpc) is 2.91. The molecular weight excluding hydrogens is 268 g/mol. The highest BCUT2D eigenvalue weighted by atomic mass is 16.2. The summed E-state index contributed by atoms with van der Waals surface area (Å²) in [4.78, 5) is 25.6. The molecule has 6 nitrogen and oxygen atoms in total. The molecule has 0 fully saturated rings. The number of aromatic nitrogens is 2. The van der Waals surface area contributed by atoms with Gasteiger partial charge in [-0.1, -0.05) is 0 Å². The molecule has 0 saturated heterocycles. The molecular formula is C15H16N4O2. The number of primary amides is 1. The van der Waals surface area contributed by atoms with Crippen molar-refractivity contribution in [2.45, 2.75) is 12.8 Å². The van der Waals surface area contributed by atoms with E-state index in [4.69, 9.17) is 5.73 Å². The molecule has 2 amide bonds. The largest absolute Gasteiger partial charge is 0.366 e. The van der Waals surface area contributed by atoms with Gasteiger partial charge in [-0.3, -0.25) is 14.3 Å². The highest BCUT2D eigenvalue weighted by molar-refractivity contribution is 6.06. The third-order valence-electron chi connectivity index (χ3n) is 3.77. The molecule has 1 aliphatic rings. The van der Waals surface area contributed by atoms with E-state index < -0.39 is 5.91 Å². The summed E-state index contributed by atoms with van der Waals surface area (Å²) in [6.07, 6.45) is 3.30. The summed E-state index contributed by atoms with van der Waals surface area (Å²) in [6, 6.07) is 6.94. The second-order valence-corrected chi connectivity index (χ2v) is 5.11. The van der Waals surface area contributed by atoms with Gasteiger partial charge in [-0.25, -0.2) is 0 Å². The van der Waals surface area contributed by atoms with Crippen molar-refractivity contribution in [2.24, 2.45) is 12.8 Å². The Morgan fingerprint density at radius 1 is 1.29 bits per heavy atom. The van der Waals surface area contributed by atoms with Crippen LogP contribution in [-0.2, 0) is 13.5 Å². The standard InChI is InChI=1S/C15H16N4O2/c1-18-13(6-7-17-18)15(21)19-8-2-3-10-9-11(14(16)20)4-5-12(10)19/h4-7,9H,2-3,8H2,1H3,(H2,16,20). The molecule has 0 aliphatic carbocycles. The van der Waals surface area contributed by atoms with Crippen molar-refractivity contribution in [3.05, 3.63) is 47.3 Å². The van der Waals surface area contributed by atoms with Crippen LogP contribution in [0, 0.1) is 0 Å². The number of carbonyl (C=O) groups is 2. The van der Waals surface area contributed by atoms with Gasteiger partial charge < -0.3 is 10.6 Å². The minimum absolute atomic E-state index is 0.0808. The summed E-state index contributed by atoms with van der Waals surface area (Å²) in [6.45, 7) is 0.660.